The minimum absolute atomic E-state index is 0. The van der Waals surface area contributed by atoms with Gasteiger partial charge in [0.1, 0.15) is 0 Å². The Balaban J connectivity index is 0.00000196. The largest absolute Gasteiger partial charge is 0.314 e. The van der Waals surface area contributed by atoms with Gasteiger partial charge in [-0.3, -0.25) is 4.90 Å². The van der Waals surface area contributed by atoms with Crippen LogP contribution in [0.1, 0.15) is 6.92 Å². The third-order valence-corrected chi connectivity index (χ3v) is 3.74. The van der Waals surface area contributed by atoms with E-state index in [2.05, 4.69) is 14.9 Å². The fraction of sp³-hybridized carbons (Fsp3) is 1.00. The van der Waals surface area contributed by atoms with Gasteiger partial charge < -0.3 is 5.32 Å². The summed E-state index contributed by atoms with van der Waals surface area (Å²) in [5.74, 6) is 0.161. The van der Waals surface area contributed by atoms with E-state index in [1.807, 2.05) is 0 Å². The number of piperazine rings is 1. The van der Waals surface area contributed by atoms with E-state index in [9.17, 15) is 8.42 Å². The Morgan fingerprint density at radius 1 is 1.33 bits per heavy atom. The van der Waals surface area contributed by atoms with Crippen molar-refractivity contribution < 1.29 is 8.42 Å². The molecule has 2 N–H and O–H groups in total. The van der Waals surface area contributed by atoms with Crippen molar-refractivity contribution in [2.24, 2.45) is 0 Å². The second-order valence-electron chi connectivity index (χ2n) is 3.39. The Hall–Kier alpha value is 0.120. The first-order valence-corrected chi connectivity index (χ1v) is 6.69. The smallest absolute Gasteiger partial charge is 0.211 e. The van der Waals surface area contributed by atoms with Crippen molar-refractivity contribution in [2.45, 2.75) is 6.92 Å². The molecule has 0 amide bonds. The Bertz CT molecular complexity index is 253. The number of nitrogens with one attached hydrogen (secondary N) is 2. The molecule has 1 aliphatic heterocycles. The van der Waals surface area contributed by atoms with Crippen LogP contribution in [0.3, 0.4) is 0 Å². The van der Waals surface area contributed by atoms with Crippen LogP contribution in [0.4, 0.5) is 0 Å². The van der Waals surface area contributed by atoms with Crippen molar-refractivity contribution in [3.63, 3.8) is 0 Å². The molecule has 0 unspecified atom stereocenters. The fourth-order valence-corrected chi connectivity index (χ4v) is 2.00. The van der Waals surface area contributed by atoms with E-state index in [-0.39, 0.29) is 18.2 Å². The number of sulfonamides is 1. The maximum Gasteiger partial charge on any atom is 0.211 e. The van der Waals surface area contributed by atoms with Gasteiger partial charge in [0.2, 0.25) is 10.0 Å². The summed E-state index contributed by atoms with van der Waals surface area (Å²) in [7, 11) is -3.01. The normalized spacial score (nSPS) is 18.5. The minimum Gasteiger partial charge on any atom is -0.314 e. The van der Waals surface area contributed by atoms with Gasteiger partial charge in [-0.05, 0) is 6.92 Å². The Kier molecular flexibility index (Phi) is 7.46. The van der Waals surface area contributed by atoms with E-state index < -0.39 is 10.0 Å². The summed E-state index contributed by atoms with van der Waals surface area (Å²) in [6.07, 6.45) is 0. The second kappa shape index (κ2) is 7.40. The van der Waals surface area contributed by atoms with Gasteiger partial charge >= 0.3 is 0 Å². The summed E-state index contributed by atoms with van der Waals surface area (Å²) in [6.45, 7) is 6.99. The summed E-state index contributed by atoms with van der Waals surface area (Å²) < 4.78 is 24.8. The summed E-state index contributed by atoms with van der Waals surface area (Å²) in [5.41, 5.74) is 0. The molecule has 1 aliphatic rings. The van der Waals surface area contributed by atoms with Crippen LogP contribution in [0, 0.1) is 0 Å². The van der Waals surface area contributed by atoms with Crippen molar-refractivity contribution in [1.29, 1.82) is 0 Å². The van der Waals surface area contributed by atoms with Gasteiger partial charge in [0.15, 0.2) is 0 Å². The van der Waals surface area contributed by atoms with E-state index >= 15 is 0 Å². The molecule has 0 bridgehead atoms. The first-order chi connectivity index (χ1) is 6.64. The molecule has 1 fully saturated rings. The van der Waals surface area contributed by atoms with Crippen LogP contribution in [0.15, 0.2) is 0 Å². The molecule has 0 aliphatic carbocycles. The lowest BCUT2D eigenvalue weighted by Gasteiger charge is -2.26. The van der Waals surface area contributed by atoms with Crippen molar-refractivity contribution >= 4 is 22.4 Å². The summed E-state index contributed by atoms with van der Waals surface area (Å²) >= 11 is 0. The quantitative estimate of drug-likeness (QED) is 0.681. The minimum atomic E-state index is -3.01. The zero-order chi connectivity index (χ0) is 10.4. The van der Waals surface area contributed by atoms with Crippen LogP contribution in [0.5, 0.6) is 0 Å². The number of rotatable bonds is 5. The lowest BCUT2D eigenvalue weighted by molar-refractivity contribution is 0.245. The van der Waals surface area contributed by atoms with Crippen LogP contribution in [-0.4, -0.2) is 58.3 Å². The Morgan fingerprint density at radius 3 is 2.47 bits per heavy atom. The van der Waals surface area contributed by atoms with Gasteiger partial charge in [-0.15, -0.1) is 12.4 Å². The van der Waals surface area contributed by atoms with Crippen molar-refractivity contribution in [3.05, 3.63) is 0 Å². The van der Waals surface area contributed by atoms with Gasteiger partial charge in [-0.25, -0.2) is 13.1 Å². The van der Waals surface area contributed by atoms with Crippen LogP contribution >= 0.6 is 12.4 Å². The lowest BCUT2D eigenvalue weighted by atomic mass is 10.3. The molecule has 0 spiro atoms. The Labute approximate surface area is 98.1 Å². The highest BCUT2D eigenvalue weighted by Gasteiger charge is 2.10. The molecule has 92 valence electrons. The number of halogens is 1. The average molecular weight is 258 g/mol. The van der Waals surface area contributed by atoms with Gasteiger partial charge in [-0.1, -0.05) is 0 Å². The molecule has 0 saturated carbocycles. The van der Waals surface area contributed by atoms with Gasteiger partial charge in [0.05, 0.1) is 5.75 Å². The van der Waals surface area contributed by atoms with E-state index in [0.717, 1.165) is 32.7 Å². The lowest BCUT2D eigenvalue weighted by Crippen LogP contribution is -2.46. The maximum atomic E-state index is 11.1. The molecule has 0 radical (unpaired) electrons. The van der Waals surface area contributed by atoms with Crippen molar-refractivity contribution in [3.8, 4) is 0 Å². The monoisotopic (exact) mass is 257 g/mol. The molecule has 0 atom stereocenters. The number of hydrogen-bond donors (Lipinski definition) is 2. The molecule has 1 saturated heterocycles. The molecule has 1 rings (SSSR count). The van der Waals surface area contributed by atoms with E-state index in [4.69, 9.17) is 0 Å². The molecular weight excluding hydrogens is 238 g/mol. The molecule has 5 nitrogen and oxygen atoms in total. The zero-order valence-electron chi connectivity index (χ0n) is 9.03. The SMILES string of the molecule is CCS(=O)(=O)NCCN1CCNCC1.Cl. The molecule has 0 aromatic carbocycles. The van der Waals surface area contributed by atoms with Crippen molar-refractivity contribution in [2.75, 3.05) is 45.0 Å². The zero-order valence-corrected chi connectivity index (χ0v) is 10.7. The van der Waals surface area contributed by atoms with Crippen LogP contribution < -0.4 is 10.0 Å². The molecule has 1 heterocycles. The molecule has 0 aromatic heterocycles. The molecular formula is C8H20ClN3O2S. The van der Waals surface area contributed by atoms with Crippen LogP contribution in [0.2, 0.25) is 0 Å². The second-order valence-corrected chi connectivity index (χ2v) is 5.48. The first-order valence-electron chi connectivity index (χ1n) is 5.04. The fourth-order valence-electron chi connectivity index (χ4n) is 1.40. The van der Waals surface area contributed by atoms with E-state index in [1.165, 1.54) is 0 Å². The standard InChI is InChI=1S/C8H19N3O2S.ClH/c1-2-14(12,13)10-5-8-11-6-3-9-4-7-11;/h9-10H,2-8H2,1H3;1H. The van der Waals surface area contributed by atoms with Crippen molar-refractivity contribution in [1.82, 2.24) is 14.9 Å². The van der Waals surface area contributed by atoms with Gasteiger partial charge in [0, 0.05) is 39.3 Å². The highest BCUT2D eigenvalue weighted by Crippen LogP contribution is 1.90. The molecule has 7 heteroatoms. The summed E-state index contributed by atoms with van der Waals surface area (Å²) in [4.78, 5) is 2.26. The maximum absolute atomic E-state index is 11.1. The predicted octanol–water partition coefficient (Wildman–Crippen LogP) is -0.747. The van der Waals surface area contributed by atoms with E-state index in [0.29, 0.717) is 6.54 Å². The van der Waals surface area contributed by atoms with Crippen LogP contribution in [-0.2, 0) is 10.0 Å². The average Bonchev–Trinajstić information content (AvgIpc) is 2.19. The summed E-state index contributed by atoms with van der Waals surface area (Å²) in [5, 5.41) is 3.25. The van der Waals surface area contributed by atoms with Crippen LogP contribution in [0.25, 0.3) is 0 Å². The third kappa shape index (κ3) is 6.32. The highest BCUT2D eigenvalue weighted by atomic mass is 35.5. The molecule has 15 heavy (non-hydrogen) atoms. The predicted molar refractivity (Wildman–Crippen MR) is 64.0 cm³/mol. The number of nitrogens with zero attached hydrogens (tertiary/aromatic N) is 1. The summed E-state index contributed by atoms with van der Waals surface area (Å²) in [6, 6.07) is 0. The highest BCUT2D eigenvalue weighted by molar-refractivity contribution is 7.89. The third-order valence-electron chi connectivity index (χ3n) is 2.34. The Morgan fingerprint density at radius 2 is 1.93 bits per heavy atom. The number of hydrogen-bond acceptors (Lipinski definition) is 4. The topological polar surface area (TPSA) is 61.4 Å². The van der Waals surface area contributed by atoms with Gasteiger partial charge in [-0.2, -0.15) is 0 Å². The first kappa shape index (κ1) is 15.1. The molecule has 0 aromatic rings. The van der Waals surface area contributed by atoms with Gasteiger partial charge in [0.25, 0.3) is 0 Å². The van der Waals surface area contributed by atoms with E-state index in [1.54, 1.807) is 6.92 Å².